The number of nitrogens with one attached hydrogen (secondary N) is 1. The number of thioether (sulfide) groups is 1. The highest BCUT2D eigenvalue weighted by Crippen LogP contribution is 2.26. The SMILES string of the molecule is CC(=O)c1c(C)nc(-c2ccco2)nc1SCC(=O)NCCc1ccccc1. The van der Waals surface area contributed by atoms with E-state index in [1.54, 1.807) is 25.3 Å². The molecule has 0 fully saturated rings. The number of furan rings is 1. The number of carbonyl (C=O) groups is 2. The van der Waals surface area contributed by atoms with Gasteiger partial charge in [-0.1, -0.05) is 42.1 Å². The van der Waals surface area contributed by atoms with Crippen molar-refractivity contribution in [3.8, 4) is 11.6 Å². The van der Waals surface area contributed by atoms with E-state index in [0.29, 0.717) is 34.4 Å². The van der Waals surface area contributed by atoms with E-state index in [4.69, 9.17) is 4.42 Å². The summed E-state index contributed by atoms with van der Waals surface area (Å²) in [7, 11) is 0. The van der Waals surface area contributed by atoms with Crippen LogP contribution in [0.2, 0.25) is 0 Å². The van der Waals surface area contributed by atoms with Gasteiger partial charge in [-0.25, -0.2) is 9.97 Å². The average molecular weight is 395 g/mol. The van der Waals surface area contributed by atoms with Gasteiger partial charge in [0.2, 0.25) is 5.91 Å². The van der Waals surface area contributed by atoms with E-state index in [1.807, 2.05) is 30.3 Å². The van der Waals surface area contributed by atoms with Gasteiger partial charge in [0.15, 0.2) is 17.4 Å². The summed E-state index contributed by atoms with van der Waals surface area (Å²) < 4.78 is 5.35. The summed E-state index contributed by atoms with van der Waals surface area (Å²) in [5.41, 5.74) is 2.18. The monoisotopic (exact) mass is 395 g/mol. The Morgan fingerprint density at radius 1 is 1.11 bits per heavy atom. The lowest BCUT2D eigenvalue weighted by atomic mass is 10.1. The van der Waals surface area contributed by atoms with E-state index >= 15 is 0 Å². The molecule has 0 atom stereocenters. The molecule has 0 saturated carbocycles. The number of nitrogens with zero attached hydrogens (tertiary/aromatic N) is 2. The smallest absolute Gasteiger partial charge is 0.230 e. The minimum absolute atomic E-state index is 0.105. The van der Waals surface area contributed by atoms with Crippen LogP contribution in [0.3, 0.4) is 0 Å². The quantitative estimate of drug-likeness (QED) is 0.356. The molecule has 3 rings (SSSR count). The van der Waals surface area contributed by atoms with Crippen LogP contribution < -0.4 is 5.32 Å². The van der Waals surface area contributed by atoms with Crippen LogP contribution in [0.4, 0.5) is 0 Å². The first-order valence-electron chi connectivity index (χ1n) is 8.91. The fourth-order valence-corrected chi connectivity index (χ4v) is 3.70. The number of benzene rings is 1. The zero-order chi connectivity index (χ0) is 19.9. The third kappa shape index (κ3) is 5.07. The lowest BCUT2D eigenvalue weighted by molar-refractivity contribution is -0.118. The first kappa shape index (κ1) is 19.8. The maximum absolute atomic E-state index is 12.2. The lowest BCUT2D eigenvalue weighted by Gasteiger charge is -2.10. The van der Waals surface area contributed by atoms with E-state index in [-0.39, 0.29) is 17.4 Å². The van der Waals surface area contributed by atoms with Gasteiger partial charge in [-0.3, -0.25) is 9.59 Å². The second-order valence-corrected chi connectivity index (χ2v) is 7.18. The molecule has 6 nitrogen and oxygen atoms in total. The Morgan fingerprint density at radius 2 is 1.89 bits per heavy atom. The zero-order valence-corrected chi connectivity index (χ0v) is 16.6. The van der Waals surface area contributed by atoms with Crippen molar-refractivity contribution in [1.82, 2.24) is 15.3 Å². The average Bonchev–Trinajstić information content (AvgIpc) is 3.21. The fourth-order valence-electron chi connectivity index (χ4n) is 2.75. The molecule has 144 valence electrons. The number of rotatable bonds is 8. The van der Waals surface area contributed by atoms with Crippen molar-refractivity contribution in [2.45, 2.75) is 25.3 Å². The van der Waals surface area contributed by atoms with Gasteiger partial charge in [0.05, 0.1) is 23.3 Å². The topological polar surface area (TPSA) is 85.1 Å². The van der Waals surface area contributed by atoms with Gasteiger partial charge in [0, 0.05) is 6.54 Å². The predicted octanol–water partition coefficient (Wildman–Crippen LogP) is 3.70. The van der Waals surface area contributed by atoms with Gasteiger partial charge in [-0.15, -0.1) is 0 Å². The Labute approximate surface area is 167 Å². The van der Waals surface area contributed by atoms with Gasteiger partial charge in [-0.05, 0) is 38.0 Å². The molecular weight excluding hydrogens is 374 g/mol. The van der Waals surface area contributed by atoms with E-state index in [0.717, 1.165) is 6.42 Å². The van der Waals surface area contributed by atoms with Crippen LogP contribution in [0.25, 0.3) is 11.6 Å². The number of amides is 1. The van der Waals surface area contributed by atoms with E-state index in [2.05, 4.69) is 15.3 Å². The predicted molar refractivity (Wildman–Crippen MR) is 108 cm³/mol. The second-order valence-electron chi connectivity index (χ2n) is 6.22. The highest BCUT2D eigenvalue weighted by Gasteiger charge is 2.18. The van der Waals surface area contributed by atoms with E-state index < -0.39 is 0 Å². The molecule has 0 aliphatic heterocycles. The molecule has 1 aromatic carbocycles. The summed E-state index contributed by atoms with van der Waals surface area (Å²) in [6.07, 6.45) is 2.31. The summed E-state index contributed by atoms with van der Waals surface area (Å²) in [6.45, 7) is 3.79. The molecule has 2 aromatic heterocycles. The number of aromatic nitrogens is 2. The van der Waals surface area contributed by atoms with Gasteiger partial charge >= 0.3 is 0 Å². The maximum atomic E-state index is 12.2. The van der Waals surface area contributed by atoms with Crippen LogP contribution >= 0.6 is 11.8 Å². The van der Waals surface area contributed by atoms with Crippen molar-refractivity contribution in [2.24, 2.45) is 0 Å². The lowest BCUT2D eigenvalue weighted by Crippen LogP contribution is -2.27. The number of hydrogen-bond donors (Lipinski definition) is 1. The highest BCUT2D eigenvalue weighted by molar-refractivity contribution is 8.00. The maximum Gasteiger partial charge on any atom is 0.230 e. The summed E-state index contributed by atoms with van der Waals surface area (Å²) >= 11 is 1.23. The number of carbonyl (C=O) groups excluding carboxylic acids is 2. The van der Waals surface area contributed by atoms with Gasteiger partial charge in [0.1, 0.15) is 5.03 Å². The molecule has 0 aliphatic rings. The van der Waals surface area contributed by atoms with E-state index in [1.165, 1.54) is 24.2 Å². The molecule has 1 amide bonds. The van der Waals surface area contributed by atoms with Crippen molar-refractivity contribution >= 4 is 23.5 Å². The molecule has 0 bridgehead atoms. The minimum atomic E-state index is -0.129. The molecule has 0 saturated heterocycles. The molecule has 28 heavy (non-hydrogen) atoms. The Hall–Kier alpha value is -2.93. The van der Waals surface area contributed by atoms with Crippen molar-refractivity contribution in [1.29, 1.82) is 0 Å². The second kappa shape index (κ2) is 9.32. The van der Waals surface area contributed by atoms with Crippen LogP contribution in [0, 0.1) is 6.92 Å². The standard InChI is InChI=1S/C21H21N3O3S/c1-14-19(15(2)25)21(24-20(23-14)17-9-6-12-27-17)28-13-18(26)22-11-10-16-7-4-3-5-8-16/h3-9,12H,10-11,13H2,1-2H3,(H,22,26). The summed E-state index contributed by atoms with van der Waals surface area (Å²) in [5.74, 6) is 0.858. The Bertz CT molecular complexity index is 957. The number of aryl methyl sites for hydroxylation is 1. The van der Waals surface area contributed by atoms with Crippen LogP contribution in [0.15, 0.2) is 58.2 Å². The van der Waals surface area contributed by atoms with E-state index in [9.17, 15) is 9.59 Å². The van der Waals surface area contributed by atoms with Crippen molar-refractivity contribution in [2.75, 3.05) is 12.3 Å². The van der Waals surface area contributed by atoms with Crippen molar-refractivity contribution in [3.63, 3.8) is 0 Å². The number of hydrogen-bond acceptors (Lipinski definition) is 6. The van der Waals surface area contributed by atoms with Gasteiger partial charge in [0.25, 0.3) is 0 Å². The third-order valence-electron chi connectivity index (χ3n) is 4.07. The first-order chi connectivity index (χ1) is 13.5. The Morgan fingerprint density at radius 3 is 2.57 bits per heavy atom. The summed E-state index contributed by atoms with van der Waals surface area (Å²) in [6, 6.07) is 13.5. The molecule has 2 heterocycles. The Kier molecular flexibility index (Phi) is 6.60. The van der Waals surface area contributed by atoms with Crippen molar-refractivity contribution in [3.05, 3.63) is 65.5 Å². The number of ketones is 1. The molecule has 0 unspecified atom stereocenters. The zero-order valence-electron chi connectivity index (χ0n) is 15.8. The van der Waals surface area contributed by atoms with Crippen LogP contribution in [-0.2, 0) is 11.2 Å². The molecule has 0 radical (unpaired) electrons. The van der Waals surface area contributed by atoms with Crippen LogP contribution in [-0.4, -0.2) is 34.0 Å². The molecule has 7 heteroatoms. The van der Waals surface area contributed by atoms with Gasteiger partial charge in [-0.2, -0.15) is 0 Å². The summed E-state index contributed by atoms with van der Waals surface area (Å²) in [5, 5.41) is 3.39. The molecular formula is C21H21N3O3S. The van der Waals surface area contributed by atoms with Crippen LogP contribution in [0.5, 0.6) is 0 Å². The highest BCUT2D eigenvalue weighted by atomic mass is 32.2. The van der Waals surface area contributed by atoms with Crippen LogP contribution in [0.1, 0.15) is 28.5 Å². The largest absolute Gasteiger partial charge is 0.461 e. The number of Topliss-reactive ketones (excluding diaryl/α,β-unsaturated/α-hetero) is 1. The normalized spacial score (nSPS) is 10.6. The van der Waals surface area contributed by atoms with Crippen molar-refractivity contribution < 1.29 is 14.0 Å². The van der Waals surface area contributed by atoms with Gasteiger partial charge < -0.3 is 9.73 Å². The minimum Gasteiger partial charge on any atom is -0.461 e. The fraction of sp³-hybridized carbons (Fsp3) is 0.238. The first-order valence-corrected chi connectivity index (χ1v) is 9.90. The molecule has 1 N–H and O–H groups in total. The molecule has 0 aliphatic carbocycles. The Balaban J connectivity index is 1.65. The molecule has 3 aromatic rings. The third-order valence-corrected chi connectivity index (χ3v) is 5.04. The molecule has 0 spiro atoms. The summed E-state index contributed by atoms with van der Waals surface area (Å²) in [4.78, 5) is 33.1.